The molecule has 4 heteroatoms. The molecule has 1 N–H and O–H groups in total. The van der Waals surface area contributed by atoms with Crippen molar-refractivity contribution in [2.24, 2.45) is 7.05 Å². The molecule has 2 rings (SSSR count). The van der Waals surface area contributed by atoms with E-state index in [1.165, 1.54) is 0 Å². The van der Waals surface area contributed by atoms with Gasteiger partial charge in [0.25, 0.3) is 0 Å². The maximum absolute atomic E-state index is 9.41. The first-order valence-corrected chi connectivity index (χ1v) is 5.75. The van der Waals surface area contributed by atoms with Crippen LogP contribution < -0.4 is 0 Å². The van der Waals surface area contributed by atoms with E-state index in [1.54, 1.807) is 0 Å². The monoisotopic (exact) mass is 233 g/mol. The van der Waals surface area contributed by atoms with E-state index in [0.717, 1.165) is 22.4 Å². The fourth-order valence-corrected chi connectivity index (χ4v) is 2.11. The second-order valence-corrected chi connectivity index (χ2v) is 4.63. The Bertz CT molecular complexity index is 531. The summed E-state index contributed by atoms with van der Waals surface area (Å²) in [5.41, 5.74) is 3.22. The molecule has 1 aromatic heterocycles. The lowest BCUT2D eigenvalue weighted by Gasteiger charge is -2.22. The van der Waals surface area contributed by atoms with Gasteiger partial charge in [0.1, 0.15) is 5.82 Å². The molecule has 0 aliphatic carbocycles. The summed E-state index contributed by atoms with van der Waals surface area (Å²) in [6, 6.07) is 6.21. The summed E-state index contributed by atoms with van der Waals surface area (Å²) in [5, 5.41) is 9.41. The lowest BCUT2D eigenvalue weighted by Crippen LogP contribution is -2.22. The van der Waals surface area contributed by atoms with Crippen LogP contribution in [-0.2, 0) is 7.05 Å². The highest BCUT2D eigenvalue weighted by Crippen LogP contribution is 2.22. The minimum absolute atomic E-state index is 0.0294. The first kappa shape index (κ1) is 12.1. The molecule has 0 spiro atoms. The van der Waals surface area contributed by atoms with E-state index in [1.807, 2.05) is 33.0 Å². The van der Waals surface area contributed by atoms with E-state index in [2.05, 4.69) is 27.8 Å². The normalized spacial score (nSPS) is 13.5. The molecular weight excluding hydrogens is 214 g/mol. The van der Waals surface area contributed by atoms with Crippen LogP contribution in [0, 0.1) is 6.92 Å². The smallest absolute Gasteiger partial charge is 0.106 e. The van der Waals surface area contributed by atoms with Crippen LogP contribution in [0.2, 0.25) is 0 Å². The third kappa shape index (κ3) is 2.06. The number of nitrogens with zero attached hydrogens (tertiary/aromatic N) is 3. The van der Waals surface area contributed by atoms with Crippen LogP contribution in [0.5, 0.6) is 0 Å². The van der Waals surface area contributed by atoms with Gasteiger partial charge in [-0.3, -0.25) is 0 Å². The predicted octanol–water partition coefficient (Wildman–Crippen LogP) is 1.48. The van der Waals surface area contributed by atoms with Gasteiger partial charge in [-0.05, 0) is 38.7 Å². The zero-order chi connectivity index (χ0) is 12.6. The summed E-state index contributed by atoms with van der Waals surface area (Å²) in [4.78, 5) is 6.52. The standard InChI is InChI=1S/C13H19N3O/c1-9-14-11-7-10(13(8-17)15(2)3)5-6-12(11)16(9)4/h5-7,13,17H,8H2,1-4H3. The van der Waals surface area contributed by atoms with Crippen molar-refractivity contribution in [2.45, 2.75) is 13.0 Å². The van der Waals surface area contributed by atoms with Gasteiger partial charge in [-0.1, -0.05) is 6.07 Å². The van der Waals surface area contributed by atoms with Crippen LogP contribution in [0.15, 0.2) is 18.2 Å². The first-order valence-electron chi connectivity index (χ1n) is 5.75. The molecule has 1 unspecified atom stereocenters. The Morgan fingerprint density at radius 2 is 2.12 bits per heavy atom. The van der Waals surface area contributed by atoms with Crippen LogP contribution in [0.4, 0.5) is 0 Å². The van der Waals surface area contributed by atoms with Crippen molar-refractivity contribution in [3.63, 3.8) is 0 Å². The molecule has 0 fully saturated rings. The quantitative estimate of drug-likeness (QED) is 0.873. The van der Waals surface area contributed by atoms with Crippen LogP contribution >= 0.6 is 0 Å². The Morgan fingerprint density at radius 3 is 2.71 bits per heavy atom. The summed E-state index contributed by atoms with van der Waals surface area (Å²) in [5.74, 6) is 1.00. The fraction of sp³-hybridized carbons (Fsp3) is 0.462. The van der Waals surface area contributed by atoms with Crippen LogP contribution in [0.3, 0.4) is 0 Å². The Morgan fingerprint density at radius 1 is 1.41 bits per heavy atom. The van der Waals surface area contributed by atoms with E-state index in [0.29, 0.717) is 0 Å². The molecule has 1 aromatic carbocycles. The van der Waals surface area contributed by atoms with Crippen molar-refractivity contribution < 1.29 is 5.11 Å². The highest BCUT2D eigenvalue weighted by atomic mass is 16.3. The second kappa shape index (κ2) is 4.47. The average Bonchev–Trinajstić information content (AvgIpc) is 2.55. The van der Waals surface area contributed by atoms with Gasteiger partial charge in [-0.25, -0.2) is 4.98 Å². The zero-order valence-electron chi connectivity index (χ0n) is 10.8. The molecule has 0 amide bonds. The number of rotatable bonds is 3. The van der Waals surface area contributed by atoms with E-state index in [4.69, 9.17) is 0 Å². The third-order valence-electron chi connectivity index (χ3n) is 3.31. The number of hydrogen-bond acceptors (Lipinski definition) is 3. The number of imidazole rings is 1. The molecule has 0 saturated carbocycles. The van der Waals surface area contributed by atoms with Crippen molar-refractivity contribution in [1.82, 2.24) is 14.5 Å². The Hall–Kier alpha value is -1.39. The molecule has 4 nitrogen and oxygen atoms in total. The van der Waals surface area contributed by atoms with E-state index < -0.39 is 0 Å². The minimum Gasteiger partial charge on any atom is -0.394 e. The number of aliphatic hydroxyl groups is 1. The summed E-state index contributed by atoms with van der Waals surface area (Å²) in [7, 11) is 5.95. The van der Waals surface area contributed by atoms with Gasteiger partial charge in [-0.2, -0.15) is 0 Å². The molecule has 92 valence electrons. The van der Waals surface area contributed by atoms with Crippen molar-refractivity contribution in [3.8, 4) is 0 Å². The number of hydrogen-bond donors (Lipinski definition) is 1. The van der Waals surface area contributed by atoms with Gasteiger partial charge in [0.05, 0.1) is 23.7 Å². The molecular formula is C13H19N3O. The molecule has 17 heavy (non-hydrogen) atoms. The topological polar surface area (TPSA) is 41.3 Å². The maximum Gasteiger partial charge on any atom is 0.106 e. The summed E-state index contributed by atoms with van der Waals surface area (Å²) in [6.07, 6.45) is 0. The number of aryl methyl sites for hydroxylation is 2. The van der Waals surface area contributed by atoms with E-state index in [-0.39, 0.29) is 12.6 Å². The summed E-state index contributed by atoms with van der Waals surface area (Å²) < 4.78 is 2.07. The maximum atomic E-state index is 9.41. The van der Waals surface area contributed by atoms with Gasteiger partial charge in [0, 0.05) is 7.05 Å². The van der Waals surface area contributed by atoms with Crippen molar-refractivity contribution >= 4 is 11.0 Å². The second-order valence-electron chi connectivity index (χ2n) is 4.63. The number of fused-ring (bicyclic) bond motifs is 1. The van der Waals surface area contributed by atoms with Gasteiger partial charge in [0.2, 0.25) is 0 Å². The van der Waals surface area contributed by atoms with Crippen molar-refractivity contribution in [1.29, 1.82) is 0 Å². The van der Waals surface area contributed by atoms with Gasteiger partial charge in [-0.15, -0.1) is 0 Å². The predicted molar refractivity (Wildman–Crippen MR) is 69.0 cm³/mol. The summed E-state index contributed by atoms with van der Waals surface area (Å²) in [6.45, 7) is 2.11. The number of aromatic nitrogens is 2. The molecule has 0 aliphatic rings. The highest BCUT2D eigenvalue weighted by molar-refractivity contribution is 5.76. The molecule has 0 saturated heterocycles. The minimum atomic E-state index is 0.0294. The number of likely N-dealkylation sites (N-methyl/N-ethyl adjacent to an activating group) is 1. The van der Waals surface area contributed by atoms with Crippen LogP contribution in [0.1, 0.15) is 17.4 Å². The largest absolute Gasteiger partial charge is 0.394 e. The van der Waals surface area contributed by atoms with Crippen molar-refractivity contribution in [2.75, 3.05) is 20.7 Å². The lowest BCUT2D eigenvalue weighted by atomic mass is 10.1. The van der Waals surface area contributed by atoms with Gasteiger partial charge < -0.3 is 14.6 Å². The van der Waals surface area contributed by atoms with Gasteiger partial charge >= 0.3 is 0 Å². The van der Waals surface area contributed by atoms with E-state index in [9.17, 15) is 5.11 Å². The Balaban J connectivity index is 2.51. The first-order chi connectivity index (χ1) is 8.04. The Kier molecular flexibility index (Phi) is 3.17. The average molecular weight is 233 g/mol. The lowest BCUT2D eigenvalue weighted by molar-refractivity contribution is 0.171. The van der Waals surface area contributed by atoms with Crippen molar-refractivity contribution in [3.05, 3.63) is 29.6 Å². The summed E-state index contributed by atoms with van der Waals surface area (Å²) >= 11 is 0. The van der Waals surface area contributed by atoms with Crippen LogP contribution in [0.25, 0.3) is 11.0 Å². The number of aliphatic hydroxyl groups excluding tert-OH is 1. The zero-order valence-corrected chi connectivity index (χ0v) is 10.8. The molecule has 1 atom stereocenters. The Labute approximate surface area is 101 Å². The molecule has 0 radical (unpaired) electrons. The SMILES string of the molecule is Cc1nc2cc(C(CO)N(C)C)ccc2n1C. The van der Waals surface area contributed by atoms with Gasteiger partial charge in [0.15, 0.2) is 0 Å². The molecule has 2 aromatic rings. The molecule has 0 aliphatic heterocycles. The molecule has 1 heterocycles. The van der Waals surface area contributed by atoms with Crippen LogP contribution in [-0.4, -0.2) is 40.3 Å². The highest BCUT2D eigenvalue weighted by Gasteiger charge is 2.14. The molecule has 0 bridgehead atoms. The number of benzene rings is 1. The van der Waals surface area contributed by atoms with E-state index >= 15 is 0 Å². The third-order valence-corrected chi connectivity index (χ3v) is 3.31. The fourth-order valence-electron chi connectivity index (χ4n) is 2.11.